The maximum absolute atomic E-state index is 12.8. The molecule has 1 aliphatic carbocycles. The maximum Gasteiger partial charge on any atom is 0.264 e. The molecule has 27 heavy (non-hydrogen) atoms. The molecule has 2 aliphatic heterocycles. The minimum Gasteiger partial charge on any atom is -0.473 e. The van der Waals surface area contributed by atoms with Crippen LogP contribution in [0.3, 0.4) is 0 Å². The molecule has 1 spiro atoms. The van der Waals surface area contributed by atoms with Gasteiger partial charge in [0, 0.05) is 23.9 Å². The number of hydrogen-bond donors (Lipinski definition) is 0. The van der Waals surface area contributed by atoms with Crippen molar-refractivity contribution in [3.8, 4) is 5.88 Å². The molecule has 1 atom stereocenters. The zero-order chi connectivity index (χ0) is 18.4. The van der Waals surface area contributed by atoms with E-state index in [0.717, 1.165) is 36.3 Å². The van der Waals surface area contributed by atoms with E-state index in [1.807, 2.05) is 11.8 Å². The van der Waals surface area contributed by atoms with Crippen molar-refractivity contribution in [3.63, 3.8) is 0 Å². The number of carbonyl (C=O) groups excluding carboxylic acids is 1. The van der Waals surface area contributed by atoms with E-state index in [4.69, 9.17) is 9.47 Å². The Balaban J connectivity index is 1.21. The summed E-state index contributed by atoms with van der Waals surface area (Å²) in [6.07, 6.45) is 8.52. The summed E-state index contributed by atoms with van der Waals surface area (Å²) in [7, 11) is 0. The third kappa shape index (κ3) is 3.23. The van der Waals surface area contributed by atoms with Crippen LogP contribution in [-0.4, -0.2) is 52.2 Å². The molecule has 0 bridgehead atoms. The van der Waals surface area contributed by atoms with E-state index in [2.05, 4.69) is 16.0 Å². The van der Waals surface area contributed by atoms with Crippen LogP contribution >= 0.6 is 11.3 Å². The molecule has 2 saturated heterocycles. The van der Waals surface area contributed by atoms with Crippen molar-refractivity contribution >= 4 is 17.2 Å². The molecule has 4 heterocycles. The molecule has 142 valence electrons. The smallest absolute Gasteiger partial charge is 0.264 e. The molecular formula is C20H23N3O3S. The number of ether oxygens (including phenoxy) is 2. The number of carbonyl (C=O) groups is 1. The molecule has 7 heteroatoms. The lowest BCUT2D eigenvalue weighted by atomic mass is 9.84. The quantitative estimate of drug-likeness (QED) is 0.813. The largest absolute Gasteiger partial charge is 0.473 e. The Bertz CT molecular complexity index is 854. The summed E-state index contributed by atoms with van der Waals surface area (Å²) >= 11 is 1.67. The Morgan fingerprint density at radius 3 is 3.07 bits per heavy atom. The highest BCUT2D eigenvalue weighted by molar-refractivity contribution is 7.14. The minimum absolute atomic E-state index is 0.0534. The van der Waals surface area contributed by atoms with Crippen molar-refractivity contribution in [1.29, 1.82) is 0 Å². The van der Waals surface area contributed by atoms with Gasteiger partial charge in [0.25, 0.3) is 5.91 Å². The first-order chi connectivity index (χ1) is 13.1. The summed E-state index contributed by atoms with van der Waals surface area (Å²) < 4.78 is 12.1. The average molecular weight is 385 g/mol. The summed E-state index contributed by atoms with van der Waals surface area (Å²) in [6, 6.07) is 2.10. The fraction of sp³-hybridized carbons (Fsp3) is 0.550. The fourth-order valence-corrected chi connectivity index (χ4v) is 5.58. The SMILES string of the molecule is Cc1cncc(OC2CCOC3(C2)CN(C(=O)c2cc4c(s2)CCC4)C3)n1. The average Bonchev–Trinajstić information content (AvgIpc) is 3.21. The lowest BCUT2D eigenvalue weighted by molar-refractivity contribution is -0.174. The van der Waals surface area contributed by atoms with Gasteiger partial charge in [-0.2, -0.15) is 0 Å². The first kappa shape index (κ1) is 17.1. The molecule has 6 nitrogen and oxygen atoms in total. The van der Waals surface area contributed by atoms with Crippen LogP contribution in [0.1, 0.15) is 45.1 Å². The molecule has 2 aromatic rings. The van der Waals surface area contributed by atoms with Gasteiger partial charge in [0.1, 0.15) is 11.7 Å². The number of thiophene rings is 1. The summed E-state index contributed by atoms with van der Waals surface area (Å²) in [5, 5.41) is 0. The Hall–Kier alpha value is -1.99. The van der Waals surface area contributed by atoms with Gasteiger partial charge in [-0.3, -0.25) is 9.78 Å². The molecule has 1 unspecified atom stereocenters. The summed E-state index contributed by atoms with van der Waals surface area (Å²) in [5.41, 5.74) is 1.95. The third-order valence-electron chi connectivity index (χ3n) is 5.67. The van der Waals surface area contributed by atoms with Crippen LogP contribution in [0, 0.1) is 6.92 Å². The maximum atomic E-state index is 12.8. The van der Waals surface area contributed by atoms with E-state index < -0.39 is 0 Å². The van der Waals surface area contributed by atoms with Gasteiger partial charge in [-0.05, 0) is 37.8 Å². The van der Waals surface area contributed by atoms with Gasteiger partial charge in [-0.15, -0.1) is 11.3 Å². The first-order valence-electron chi connectivity index (χ1n) is 9.60. The molecule has 0 N–H and O–H groups in total. The Labute approximate surface area is 162 Å². The zero-order valence-corrected chi connectivity index (χ0v) is 16.3. The van der Waals surface area contributed by atoms with Gasteiger partial charge in [0.05, 0.1) is 36.5 Å². The molecule has 0 radical (unpaired) electrons. The summed E-state index contributed by atoms with van der Waals surface area (Å²) in [4.78, 5) is 25.5. The van der Waals surface area contributed by atoms with E-state index in [1.54, 1.807) is 23.7 Å². The van der Waals surface area contributed by atoms with Crippen LogP contribution in [0.4, 0.5) is 0 Å². The highest BCUT2D eigenvalue weighted by atomic mass is 32.1. The fourth-order valence-electron chi connectivity index (χ4n) is 4.36. The third-order valence-corrected chi connectivity index (χ3v) is 6.90. The van der Waals surface area contributed by atoms with Crippen molar-refractivity contribution in [3.05, 3.63) is 39.5 Å². The lowest BCUT2D eigenvalue weighted by Gasteiger charge is -2.52. The van der Waals surface area contributed by atoms with Crippen molar-refractivity contribution in [2.45, 2.75) is 50.7 Å². The predicted molar refractivity (Wildman–Crippen MR) is 101 cm³/mol. The van der Waals surface area contributed by atoms with Gasteiger partial charge in [-0.25, -0.2) is 4.98 Å². The normalized spacial score (nSPS) is 23.1. The minimum atomic E-state index is -0.268. The van der Waals surface area contributed by atoms with Gasteiger partial charge < -0.3 is 14.4 Å². The van der Waals surface area contributed by atoms with Gasteiger partial charge >= 0.3 is 0 Å². The number of amides is 1. The first-order valence-corrected chi connectivity index (χ1v) is 10.4. The van der Waals surface area contributed by atoms with Crippen molar-refractivity contribution in [2.24, 2.45) is 0 Å². The molecule has 1 amide bonds. The topological polar surface area (TPSA) is 64.6 Å². The Morgan fingerprint density at radius 2 is 2.26 bits per heavy atom. The molecule has 0 aromatic carbocycles. The highest BCUT2D eigenvalue weighted by Gasteiger charge is 2.50. The van der Waals surface area contributed by atoms with Crippen LogP contribution in [0.2, 0.25) is 0 Å². The highest BCUT2D eigenvalue weighted by Crippen LogP contribution is 2.38. The standard InChI is InChI=1S/C20H23N3O3S/c1-13-9-21-10-18(22-13)26-15-5-6-25-20(8-15)11-23(12-20)19(24)17-7-14-3-2-4-16(14)27-17/h7,9-10,15H,2-6,8,11-12H2,1H3. The summed E-state index contributed by atoms with van der Waals surface area (Å²) in [5.74, 6) is 0.716. The molecule has 3 aliphatic rings. The Morgan fingerprint density at radius 1 is 1.37 bits per heavy atom. The van der Waals surface area contributed by atoms with E-state index in [9.17, 15) is 4.79 Å². The zero-order valence-electron chi connectivity index (χ0n) is 15.4. The van der Waals surface area contributed by atoms with Gasteiger partial charge in [-0.1, -0.05) is 0 Å². The van der Waals surface area contributed by atoms with Gasteiger partial charge in [0.2, 0.25) is 5.88 Å². The predicted octanol–water partition coefficient (Wildman–Crippen LogP) is 2.79. The second-order valence-electron chi connectivity index (χ2n) is 7.84. The Kier molecular flexibility index (Phi) is 4.16. The monoisotopic (exact) mass is 385 g/mol. The molecule has 0 saturated carbocycles. The van der Waals surface area contributed by atoms with Crippen molar-refractivity contribution < 1.29 is 14.3 Å². The molecule has 2 fully saturated rings. The molecular weight excluding hydrogens is 362 g/mol. The number of nitrogens with zero attached hydrogens (tertiary/aromatic N) is 3. The second kappa shape index (κ2) is 6.56. The number of fused-ring (bicyclic) bond motifs is 1. The van der Waals surface area contributed by atoms with Crippen LogP contribution in [0.15, 0.2) is 18.5 Å². The number of likely N-dealkylation sites (tertiary alicyclic amines) is 1. The number of hydrogen-bond acceptors (Lipinski definition) is 6. The molecule has 2 aromatic heterocycles. The van der Waals surface area contributed by atoms with E-state index in [0.29, 0.717) is 25.6 Å². The molecule has 5 rings (SSSR count). The second-order valence-corrected chi connectivity index (χ2v) is 8.97. The van der Waals surface area contributed by atoms with Crippen LogP contribution in [0.25, 0.3) is 0 Å². The summed E-state index contributed by atoms with van der Waals surface area (Å²) in [6.45, 7) is 3.85. The van der Waals surface area contributed by atoms with Crippen LogP contribution < -0.4 is 4.74 Å². The van der Waals surface area contributed by atoms with E-state index >= 15 is 0 Å². The number of aromatic nitrogens is 2. The van der Waals surface area contributed by atoms with Gasteiger partial charge in [0.15, 0.2) is 0 Å². The van der Waals surface area contributed by atoms with Crippen LogP contribution in [0.5, 0.6) is 5.88 Å². The van der Waals surface area contributed by atoms with Crippen molar-refractivity contribution in [2.75, 3.05) is 19.7 Å². The lowest BCUT2D eigenvalue weighted by Crippen LogP contribution is -2.67. The van der Waals surface area contributed by atoms with E-state index in [-0.39, 0.29) is 17.6 Å². The number of rotatable bonds is 3. The van der Waals surface area contributed by atoms with Crippen molar-refractivity contribution in [1.82, 2.24) is 14.9 Å². The van der Waals surface area contributed by atoms with Crippen LogP contribution in [-0.2, 0) is 17.6 Å². The van der Waals surface area contributed by atoms with E-state index in [1.165, 1.54) is 16.9 Å². The number of aryl methyl sites for hydroxylation is 3.